The van der Waals surface area contributed by atoms with Crippen molar-refractivity contribution in [1.29, 1.82) is 0 Å². The zero-order valence-corrected chi connectivity index (χ0v) is 15.3. The fourth-order valence-corrected chi connectivity index (χ4v) is 2.68. The molecule has 0 radical (unpaired) electrons. The van der Waals surface area contributed by atoms with Crippen molar-refractivity contribution in [1.82, 2.24) is 19.3 Å². The van der Waals surface area contributed by atoms with Gasteiger partial charge in [-0.3, -0.25) is 9.48 Å². The number of nitrogens with two attached hydrogens (primary N) is 1. The van der Waals surface area contributed by atoms with Crippen LogP contribution in [-0.2, 0) is 29.0 Å². The van der Waals surface area contributed by atoms with Crippen molar-refractivity contribution < 1.29 is 9.53 Å². The molecule has 0 aliphatic carbocycles. The average molecular weight is 368 g/mol. The number of nitrogens with one attached hydrogen (secondary N) is 1. The van der Waals surface area contributed by atoms with Gasteiger partial charge in [0.05, 0.1) is 43.1 Å². The van der Waals surface area contributed by atoms with Crippen molar-refractivity contribution in [3.05, 3.63) is 66.5 Å². The summed E-state index contributed by atoms with van der Waals surface area (Å²) in [5, 5.41) is 6.94. The number of rotatable bonds is 9. The first-order valence-corrected chi connectivity index (χ1v) is 8.76. The second-order valence-electron chi connectivity index (χ2n) is 6.31. The van der Waals surface area contributed by atoms with E-state index in [9.17, 15) is 4.79 Å². The van der Waals surface area contributed by atoms with Crippen molar-refractivity contribution in [3.63, 3.8) is 0 Å². The van der Waals surface area contributed by atoms with Crippen LogP contribution >= 0.6 is 0 Å². The van der Waals surface area contributed by atoms with Gasteiger partial charge >= 0.3 is 0 Å². The number of aromatic nitrogens is 4. The average Bonchev–Trinajstić information content (AvgIpc) is 3.30. The summed E-state index contributed by atoms with van der Waals surface area (Å²) < 4.78 is 8.69. The summed E-state index contributed by atoms with van der Waals surface area (Å²) in [6.45, 7) is 1.91. The molecule has 142 valence electrons. The van der Waals surface area contributed by atoms with Gasteiger partial charge in [0.25, 0.3) is 0 Å². The van der Waals surface area contributed by atoms with E-state index < -0.39 is 6.04 Å². The van der Waals surface area contributed by atoms with E-state index in [0.29, 0.717) is 25.3 Å². The Kier molecular flexibility index (Phi) is 6.35. The molecule has 3 N–H and O–H groups in total. The minimum absolute atomic E-state index is 0.265. The Morgan fingerprint density at radius 2 is 2.11 bits per heavy atom. The highest BCUT2D eigenvalue weighted by Crippen LogP contribution is 2.08. The molecule has 2 aromatic heterocycles. The monoisotopic (exact) mass is 368 g/mol. The van der Waals surface area contributed by atoms with Crippen LogP contribution in [0.4, 0.5) is 5.69 Å². The van der Waals surface area contributed by atoms with Crippen LogP contribution in [0.3, 0.4) is 0 Å². The Morgan fingerprint density at radius 3 is 2.89 bits per heavy atom. The molecule has 27 heavy (non-hydrogen) atoms. The minimum Gasteiger partial charge on any atom is -0.383 e. The fraction of sp³-hybridized carbons (Fsp3) is 0.316. The lowest BCUT2D eigenvalue weighted by molar-refractivity contribution is -0.117. The van der Waals surface area contributed by atoms with E-state index in [1.165, 1.54) is 5.56 Å². The molecule has 0 aliphatic heterocycles. The Balaban J connectivity index is 1.51. The number of anilines is 1. The fourth-order valence-electron chi connectivity index (χ4n) is 2.68. The van der Waals surface area contributed by atoms with Gasteiger partial charge in [-0.25, -0.2) is 4.98 Å². The number of methoxy groups -OCH3 is 1. The van der Waals surface area contributed by atoms with Crippen molar-refractivity contribution >= 4 is 11.6 Å². The van der Waals surface area contributed by atoms with Crippen LogP contribution in [0.1, 0.15) is 11.3 Å². The molecule has 3 rings (SSSR count). The number of amides is 1. The summed E-state index contributed by atoms with van der Waals surface area (Å²) in [6.07, 6.45) is 7.38. The topological polar surface area (TPSA) is 100.0 Å². The van der Waals surface area contributed by atoms with Gasteiger partial charge in [-0.1, -0.05) is 30.3 Å². The molecule has 0 bridgehead atoms. The predicted molar refractivity (Wildman–Crippen MR) is 102 cm³/mol. The lowest BCUT2D eigenvalue weighted by Gasteiger charge is -2.09. The van der Waals surface area contributed by atoms with Crippen molar-refractivity contribution in [2.45, 2.75) is 25.6 Å². The van der Waals surface area contributed by atoms with Gasteiger partial charge in [-0.2, -0.15) is 5.10 Å². The number of ether oxygens (including phenoxy) is 1. The van der Waals surface area contributed by atoms with Crippen LogP contribution in [0.5, 0.6) is 0 Å². The number of benzene rings is 1. The molecule has 3 aromatic rings. The van der Waals surface area contributed by atoms with Crippen molar-refractivity contribution in [3.8, 4) is 0 Å². The van der Waals surface area contributed by atoms with Gasteiger partial charge in [0.1, 0.15) is 0 Å². The van der Waals surface area contributed by atoms with Crippen molar-refractivity contribution in [2.75, 3.05) is 19.0 Å². The van der Waals surface area contributed by atoms with Gasteiger partial charge in [0.2, 0.25) is 5.91 Å². The van der Waals surface area contributed by atoms with Crippen molar-refractivity contribution in [2.24, 2.45) is 5.73 Å². The molecular weight excluding hydrogens is 344 g/mol. The second-order valence-corrected chi connectivity index (χ2v) is 6.31. The van der Waals surface area contributed by atoms with Crippen LogP contribution in [0.25, 0.3) is 0 Å². The summed E-state index contributed by atoms with van der Waals surface area (Å²) >= 11 is 0. The highest BCUT2D eigenvalue weighted by Gasteiger charge is 2.16. The molecular formula is C19H24N6O2. The lowest BCUT2D eigenvalue weighted by atomic mass is 10.1. The third-order valence-corrected chi connectivity index (χ3v) is 4.09. The lowest BCUT2D eigenvalue weighted by Crippen LogP contribution is -2.37. The number of hydrogen-bond acceptors (Lipinski definition) is 5. The molecule has 0 spiro atoms. The van der Waals surface area contributed by atoms with Gasteiger partial charge < -0.3 is 20.4 Å². The Bertz CT molecular complexity index is 858. The molecule has 0 saturated heterocycles. The molecule has 1 atom stereocenters. The van der Waals surface area contributed by atoms with E-state index in [0.717, 1.165) is 12.2 Å². The Labute approximate surface area is 158 Å². The van der Waals surface area contributed by atoms with Crippen LogP contribution in [0, 0.1) is 0 Å². The Hall–Kier alpha value is -2.97. The summed E-state index contributed by atoms with van der Waals surface area (Å²) in [5.74, 6) is -0.265. The van der Waals surface area contributed by atoms with Crippen LogP contribution < -0.4 is 11.1 Å². The third kappa shape index (κ3) is 5.50. The zero-order chi connectivity index (χ0) is 19.1. The first-order chi connectivity index (χ1) is 13.1. The highest BCUT2D eigenvalue weighted by molar-refractivity contribution is 5.94. The summed E-state index contributed by atoms with van der Waals surface area (Å²) in [4.78, 5) is 16.7. The second kappa shape index (κ2) is 9.11. The molecule has 8 nitrogen and oxygen atoms in total. The number of hydrogen-bond donors (Lipinski definition) is 2. The predicted octanol–water partition coefficient (Wildman–Crippen LogP) is 1.28. The summed E-state index contributed by atoms with van der Waals surface area (Å²) in [7, 11) is 1.63. The van der Waals surface area contributed by atoms with Crippen LogP contribution in [0.15, 0.2) is 55.2 Å². The molecule has 2 heterocycles. The number of carbonyl (C=O) groups excluding carboxylic acids is 1. The maximum atomic E-state index is 12.3. The number of nitrogens with zero attached hydrogens (tertiary/aromatic N) is 4. The summed E-state index contributed by atoms with van der Waals surface area (Å²) in [6, 6.07) is 9.43. The molecule has 8 heteroatoms. The van der Waals surface area contributed by atoms with E-state index in [1.54, 1.807) is 30.5 Å². The van der Waals surface area contributed by atoms with Gasteiger partial charge in [0.15, 0.2) is 0 Å². The largest absolute Gasteiger partial charge is 0.383 e. The third-order valence-electron chi connectivity index (χ3n) is 4.09. The molecule has 0 saturated carbocycles. The van der Waals surface area contributed by atoms with Crippen LogP contribution in [0.2, 0.25) is 0 Å². The number of imidazole rings is 1. The van der Waals surface area contributed by atoms with E-state index in [1.807, 2.05) is 29.0 Å². The SMILES string of the molecule is COCCn1cc(NC(=O)[C@@H](N)Cc2cn(Cc3ccccc3)cn2)cn1. The van der Waals surface area contributed by atoms with E-state index in [-0.39, 0.29) is 5.91 Å². The molecule has 0 unspecified atom stereocenters. The maximum Gasteiger partial charge on any atom is 0.241 e. The quantitative estimate of drug-likeness (QED) is 0.593. The Morgan fingerprint density at radius 1 is 1.30 bits per heavy atom. The summed E-state index contributed by atoms with van der Waals surface area (Å²) in [5.41, 5.74) is 8.62. The van der Waals surface area contributed by atoms with E-state index in [4.69, 9.17) is 10.5 Å². The van der Waals surface area contributed by atoms with E-state index >= 15 is 0 Å². The smallest absolute Gasteiger partial charge is 0.241 e. The first-order valence-electron chi connectivity index (χ1n) is 8.76. The molecule has 0 fully saturated rings. The molecule has 1 amide bonds. The van der Waals surface area contributed by atoms with Gasteiger partial charge in [-0.05, 0) is 5.56 Å². The molecule has 1 aromatic carbocycles. The standard InChI is InChI=1S/C19H24N6O2/c1-27-8-7-25-13-17(10-22-25)23-19(26)18(20)9-16-12-24(14-21-16)11-15-5-3-2-4-6-15/h2-6,10,12-14,18H,7-9,11,20H2,1H3,(H,23,26)/t18-/m0/s1. The van der Waals surface area contributed by atoms with Crippen LogP contribution in [-0.4, -0.2) is 45.0 Å². The van der Waals surface area contributed by atoms with Gasteiger partial charge in [-0.15, -0.1) is 0 Å². The number of carbonyl (C=O) groups is 1. The van der Waals surface area contributed by atoms with Gasteiger partial charge in [0, 0.05) is 32.5 Å². The zero-order valence-electron chi connectivity index (χ0n) is 15.3. The highest BCUT2D eigenvalue weighted by atomic mass is 16.5. The normalized spacial score (nSPS) is 12.1. The molecule has 0 aliphatic rings. The first kappa shape index (κ1) is 18.8. The van der Waals surface area contributed by atoms with E-state index in [2.05, 4.69) is 27.5 Å². The maximum absolute atomic E-state index is 12.3. The minimum atomic E-state index is -0.688.